The average molecular weight is 279 g/mol. The number of hydrogen-bond donors (Lipinski definition) is 0. The Morgan fingerprint density at radius 1 is 1.11 bits per heavy atom. The second-order valence-corrected chi connectivity index (χ2v) is 4.94. The number of halogens is 1. The highest BCUT2D eigenvalue weighted by Crippen LogP contribution is 2.12. The first-order valence-corrected chi connectivity index (χ1v) is 6.60. The first-order chi connectivity index (χ1) is 9.31. The van der Waals surface area contributed by atoms with Gasteiger partial charge in [0.1, 0.15) is 5.82 Å². The van der Waals surface area contributed by atoms with Crippen molar-refractivity contribution >= 4 is 17.4 Å². The smallest absolute Gasteiger partial charge is 0.147 e. The molecule has 0 amide bonds. The highest BCUT2D eigenvalue weighted by Gasteiger charge is 2.18. The quantitative estimate of drug-likeness (QED) is 0.842. The lowest BCUT2D eigenvalue weighted by molar-refractivity contribution is 0.195. The Morgan fingerprint density at radius 2 is 1.95 bits per heavy atom. The molecular weight excluding hydrogens is 264 g/mol. The van der Waals surface area contributed by atoms with Gasteiger partial charge >= 0.3 is 0 Å². The van der Waals surface area contributed by atoms with Crippen molar-refractivity contribution in [2.24, 2.45) is 0 Å². The third kappa shape index (κ3) is 3.02. The van der Waals surface area contributed by atoms with E-state index in [2.05, 4.69) is 24.9 Å². The van der Waals surface area contributed by atoms with E-state index in [1.54, 1.807) is 18.6 Å². The molecule has 1 fully saturated rings. The van der Waals surface area contributed by atoms with E-state index >= 15 is 0 Å². The minimum atomic E-state index is 0.679. The zero-order chi connectivity index (χ0) is 13.1. The minimum absolute atomic E-state index is 0.679. The van der Waals surface area contributed by atoms with Crippen molar-refractivity contribution in [1.82, 2.24) is 24.6 Å². The van der Waals surface area contributed by atoms with E-state index in [4.69, 9.17) is 11.6 Å². The fraction of sp³-hybridized carbons (Fsp3) is 0.417. The Bertz CT molecular complexity index is 520. The van der Waals surface area contributed by atoms with Crippen molar-refractivity contribution in [2.45, 2.75) is 6.67 Å². The van der Waals surface area contributed by atoms with Crippen LogP contribution in [-0.4, -0.2) is 50.8 Å². The van der Waals surface area contributed by atoms with Crippen LogP contribution in [0.1, 0.15) is 0 Å². The van der Waals surface area contributed by atoms with Crippen molar-refractivity contribution in [2.75, 3.05) is 31.1 Å². The normalized spacial score (nSPS) is 16.8. The molecule has 3 rings (SSSR count). The maximum absolute atomic E-state index is 5.86. The third-order valence-corrected chi connectivity index (χ3v) is 3.39. The van der Waals surface area contributed by atoms with Crippen molar-refractivity contribution in [3.8, 4) is 0 Å². The van der Waals surface area contributed by atoms with Gasteiger partial charge in [-0.05, 0) is 0 Å². The van der Waals surface area contributed by atoms with E-state index < -0.39 is 0 Å². The molecule has 1 aliphatic rings. The van der Waals surface area contributed by atoms with Gasteiger partial charge in [0, 0.05) is 44.8 Å². The maximum atomic E-state index is 5.86. The van der Waals surface area contributed by atoms with E-state index in [9.17, 15) is 0 Å². The van der Waals surface area contributed by atoms with Crippen LogP contribution in [0.25, 0.3) is 0 Å². The molecule has 1 aliphatic heterocycles. The molecule has 0 unspecified atom stereocenters. The second-order valence-electron chi connectivity index (χ2n) is 4.51. The van der Waals surface area contributed by atoms with Crippen LogP contribution < -0.4 is 4.90 Å². The molecule has 2 aromatic heterocycles. The van der Waals surface area contributed by atoms with Crippen LogP contribution in [0.15, 0.2) is 31.0 Å². The van der Waals surface area contributed by atoms with Crippen LogP contribution in [0, 0.1) is 0 Å². The predicted octanol–water partition coefficient (Wildman–Crippen LogP) is 1.11. The fourth-order valence-corrected chi connectivity index (χ4v) is 2.35. The minimum Gasteiger partial charge on any atom is -0.353 e. The monoisotopic (exact) mass is 278 g/mol. The molecule has 0 atom stereocenters. The van der Waals surface area contributed by atoms with Crippen LogP contribution >= 0.6 is 11.6 Å². The van der Waals surface area contributed by atoms with Gasteiger partial charge < -0.3 is 4.90 Å². The molecule has 100 valence electrons. The van der Waals surface area contributed by atoms with Gasteiger partial charge in [0.25, 0.3) is 0 Å². The lowest BCUT2D eigenvalue weighted by Gasteiger charge is -2.34. The Hall–Kier alpha value is -1.66. The van der Waals surface area contributed by atoms with Crippen LogP contribution in [0.5, 0.6) is 0 Å². The molecule has 7 heteroatoms. The van der Waals surface area contributed by atoms with Gasteiger partial charge in [-0.3, -0.25) is 14.6 Å². The summed E-state index contributed by atoms with van der Waals surface area (Å²) >= 11 is 5.86. The molecule has 0 saturated carbocycles. The first-order valence-electron chi connectivity index (χ1n) is 6.22. The zero-order valence-electron chi connectivity index (χ0n) is 10.5. The Kier molecular flexibility index (Phi) is 3.61. The topological polar surface area (TPSA) is 50.1 Å². The molecular formula is C12H15ClN6. The summed E-state index contributed by atoms with van der Waals surface area (Å²) in [7, 11) is 0. The first kappa shape index (κ1) is 12.4. The van der Waals surface area contributed by atoms with Crippen LogP contribution in [0.2, 0.25) is 5.02 Å². The number of anilines is 1. The number of piperazine rings is 1. The molecule has 3 heterocycles. The molecule has 19 heavy (non-hydrogen) atoms. The average Bonchev–Trinajstić information content (AvgIpc) is 2.86. The van der Waals surface area contributed by atoms with Crippen molar-refractivity contribution in [3.63, 3.8) is 0 Å². The number of aromatic nitrogens is 4. The summed E-state index contributed by atoms with van der Waals surface area (Å²) < 4.78 is 1.86. The Labute approximate surface area is 116 Å². The van der Waals surface area contributed by atoms with Gasteiger partial charge in [-0.25, -0.2) is 4.98 Å². The molecule has 1 saturated heterocycles. The molecule has 6 nitrogen and oxygen atoms in total. The van der Waals surface area contributed by atoms with E-state index in [1.165, 1.54) is 0 Å². The molecule has 0 aliphatic carbocycles. The second kappa shape index (κ2) is 5.54. The Morgan fingerprint density at radius 3 is 2.58 bits per heavy atom. The summed E-state index contributed by atoms with van der Waals surface area (Å²) in [5, 5.41) is 4.87. The molecule has 0 bridgehead atoms. The summed E-state index contributed by atoms with van der Waals surface area (Å²) in [5.41, 5.74) is 0. The van der Waals surface area contributed by atoms with E-state index in [0.29, 0.717) is 5.02 Å². The van der Waals surface area contributed by atoms with Gasteiger partial charge in [-0.15, -0.1) is 0 Å². The van der Waals surface area contributed by atoms with Crippen LogP contribution in [-0.2, 0) is 6.67 Å². The SMILES string of the molecule is Clc1cnn(CN2CCN(c3cnccn3)CC2)c1. The highest BCUT2D eigenvalue weighted by molar-refractivity contribution is 6.30. The molecule has 0 spiro atoms. The third-order valence-electron chi connectivity index (χ3n) is 3.19. The summed E-state index contributed by atoms with van der Waals surface area (Å²) in [6.07, 6.45) is 8.74. The van der Waals surface area contributed by atoms with Gasteiger partial charge in [0.15, 0.2) is 0 Å². The predicted molar refractivity (Wildman–Crippen MR) is 73.1 cm³/mol. The molecule has 0 N–H and O–H groups in total. The summed E-state index contributed by atoms with van der Waals surface area (Å²) in [6, 6.07) is 0. The lowest BCUT2D eigenvalue weighted by atomic mass is 10.3. The summed E-state index contributed by atoms with van der Waals surface area (Å²) in [6.45, 7) is 4.64. The molecule has 2 aromatic rings. The standard InChI is InChI=1S/C12H15ClN6/c13-11-7-16-19(9-11)10-17-3-5-18(6-4-17)12-8-14-1-2-15-12/h1-2,7-9H,3-6,10H2. The van der Waals surface area contributed by atoms with Gasteiger partial charge in [-0.2, -0.15) is 5.10 Å². The van der Waals surface area contributed by atoms with Gasteiger partial charge in [0.2, 0.25) is 0 Å². The van der Waals surface area contributed by atoms with E-state index in [0.717, 1.165) is 38.7 Å². The van der Waals surface area contributed by atoms with Gasteiger partial charge in [0.05, 0.1) is 24.1 Å². The number of rotatable bonds is 3. The highest BCUT2D eigenvalue weighted by atomic mass is 35.5. The zero-order valence-corrected chi connectivity index (χ0v) is 11.2. The van der Waals surface area contributed by atoms with Crippen molar-refractivity contribution in [3.05, 3.63) is 36.0 Å². The van der Waals surface area contributed by atoms with Crippen LogP contribution in [0.3, 0.4) is 0 Å². The summed E-state index contributed by atoms with van der Waals surface area (Å²) in [5.74, 6) is 0.948. The van der Waals surface area contributed by atoms with Crippen molar-refractivity contribution in [1.29, 1.82) is 0 Å². The fourth-order valence-electron chi connectivity index (χ4n) is 2.19. The summed E-state index contributed by atoms with van der Waals surface area (Å²) in [4.78, 5) is 13.0. The van der Waals surface area contributed by atoms with Crippen LogP contribution in [0.4, 0.5) is 5.82 Å². The molecule has 0 radical (unpaired) electrons. The lowest BCUT2D eigenvalue weighted by Crippen LogP contribution is -2.47. The number of nitrogens with zero attached hydrogens (tertiary/aromatic N) is 6. The molecule has 0 aromatic carbocycles. The Balaban J connectivity index is 1.55. The number of hydrogen-bond acceptors (Lipinski definition) is 5. The van der Waals surface area contributed by atoms with E-state index in [1.807, 2.05) is 17.1 Å². The maximum Gasteiger partial charge on any atom is 0.147 e. The van der Waals surface area contributed by atoms with Gasteiger partial charge in [-0.1, -0.05) is 11.6 Å². The van der Waals surface area contributed by atoms with E-state index in [-0.39, 0.29) is 0 Å². The largest absolute Gasteiger partial charge is 0.353 e. The van der Waals surface area contributed by atoms with Crippen molar-refractivity contribution < 1.29 is 0 Å².